The molecule has 0 atom stereocenters. The molecule has 0 saturated carbocycles. The number of anilines is 3. The van der Waals surface area contributed by atoms with Crippen molar-refractivity contribution in [2.45, 2.75) is 44.8 Å². The molecular weight excluding hydrogens is 560 g/mol. The van der Waals surface area contributed by atoms with Gasteiger partial charge < -0.3 is 10.1 Å². The molecule has 10 nitrogen and oxygen atoms in total. The zero-order chi connectivity index (χ0) is 29.0. The highest BCUT2D eigenvalue weighted by atomic mass is 32.2. The average Bonchev–Trinajstić information content (AvgIpc) is 3.31. The second-order valence-electron chi connectivity index (χ2n) is 9.82. The Labute approximate surface area is 243 Å². The standard InChI is InChI=1S/C29H32N6O4S2/c1-4-39-27(36)25-19(2)31-29(40-25)34-28-32-24-18-35(17-21-8-6-5-7-9-21)15-14-23(24)26(33-28)30-16-20-10-12-22(13-11-20)41(3,37)38/h5-13H,4,14-18H2,1-3H3,(H2,30,31,32,33,34). The first kappa shape index (κ1) is 28.7. The zero-order valence-electron chi connectivity index (χ0n) is 23.2. The summed E-state index contributed by atoms with van der Waals surface area (Å²) < 4.78 is 28.8. The number of nitrogens with one attached hydrogen (secondary N) is 2. The van der Waals surface area contributed by atoms with Crippen LogP contribution in [0.1, 0.15) is 44.7 Å². The fourth-order valence-corrected chi connectivity index (χ4v) is 6.12. The number of benzene rings is 2. The third kappa shape index (κ3) is 7.07. The van der Waals surface area contributed by atoms with Crippen LogP contribution in [-0.2, 0) is 40.6 Å². The van der Waals surface area contributed by atoms with E-state index in [2.05, 4.69) is 32.7 Å². The molecule has 5 rings (SSSR count). The highest BCUT2D eigenvalue weighted by Gasteiger charge is 2.24. The fourth-order valence-electron chi connectivity index (χ4n) is 4.64. The Morgan fingerprint density at radius 3 is 2.51 bits per heavy atom. The van der Waals surface area contributed by atoms with Gasteiger partial charge in [0, 0.05) is 38.0 Å². The van der Waals surface area contributed by atoms with Crippen LogP contribution in [0.15, 0.2) is 59.5 Å². The molecule has 1 aliphatic heterocycles. The van der Waals surface area contributed by atoms with Crippen LogP contribution in [0.25, 0.3) is 0 Å². The van der Waals surface area contributed by atoms with Crippen LogP contribution in [0.5, 0.6) is 0 Å². The SMILES string of the molecule is CCOC(=O)c1sc(Nc2nc3c(c(NCc4ccc(S(C)(=O)=O)cc4)n2)CCN(Cc2ccccc2)C3)nc1C. The lowest BCUT2D eigenvalue weighted by Gasteiger charge is -2.29. The Bertz CT molecular complexity index is 1640. The van der Waals surface area contributed by atoms with Gasteiger partial charge in [0.05, 0.1) is 22.9 Å². The third-order valence-corrected chi connectivity index (χ3v) is 8.86. The summed E-state index contributed by atoms with van der Waals surface area (Å²) in [5.74, 6) is 0.690. The minimum absolute atomic E-state index is 0.284. The van der Waals surface area contributed by atoms with Gasteiger partial charge in [0.1, 0.15) is 10.7 Å². The predicted octanol–water partition coefficient (Wildman–Crippen LogP) is 4.74. The van der Waals surface area contributed by atoms with Gasteiger partial charge in [0.2, 0.25) is 5.95 Å². The highest BCUT2D eigenvalue weighted by molar-refractivity contribution is 7.90. The summed E-state index contributed by atoms with van der Waals surface area (Å²) in [7, 11) is -3.26. The molecule has 2 aromatic carbocycles. The van der Waals surface area contributed by atoms with Gasteiger partial charge in [0.25, 0.3) is 0 Å². The number of carbonyl (C=O) groups is 1. The number of hydrogen-bond acceptors (Lipinski definition) is 11. The Balaban J connectivity index is 1.40. The van der Waals surface area contributed by atoms with Crippen molar-refractivity contribution < 1.29 is 17.9 Å². The van der Waals surface area contributed by atoms with Crippen molar-refractivity contribution in [3.63, 3.8) is 0 Å². The van der Waals surface area contributed by atoms with Crippen molar-refractivity contribution in [1.82, 2.24) is 19.9 Å². The van der Waals surface area contributed by atoms with Crippen molar-refractivity contribution in [3.8, 4) is 0 Å². The van der Waals surface area contributed by atoms with Gasteiger partial charge in [-0.1, -0.05) is 53.8 Å². The minimum atomic E-state index is -3.26. The molecule has 0 aliphatic carbocycles. The predicted molar refractivity (Wildman–Crippen MR) is 159 cm³/mol. The van der Waals surface area contributed by atoms with Gasteiger partial charge in [-0.3, -0.25) is 10.2 Å². The number of ether oxygens (including phenoxy) is 1. The molecule has 0 bridgehead atoms. The molecule has 0 saturated heterocycles. The molecule has 2 aromatic heterocycles. The van der Waals surface area contributed by atoms with Gasteiger partial charge in [-0.15, -0.1) is 0 Å². The first-order chi connectivity index (χ1) is 19.7. The topological polar surface area (TPSA) is 126 Å². The highest BCUT2D eigenvalue weighted by Crippen LogP contribution is 2.30. The number of esters is 1. The van der Waals surface area contributed by atoms with Crippen molar-refractivity contribution in [2.24, 2.45) is 0 Å². The molecule has 214 valence electrons. The summed E-state index contributed by atoms with van der Waals surface area (Å²) in [6.07, 6.45) is 1.98. The van der Waals surface area contributed by atoms with Crippen molar-refractivity contribution in [1.29, 1.82) is 0 Å². The second kappa shape index (κ2) is 12.3. The Kier molecular flexibility index (Phi) is 8.62. The number of hydrogen-bond donors (Lipinski definition) is 2. The van der Waals surface area contributed by atoms with Crippen LogP contribution in [0.3, 0.4) is 0 Å². The van der Waals surface area contributed by atoms with Crippen molar-refractivity contribution in [3.05, 3.63) is 87.6 Å². The van der Waals surface area contributed by atoms with Crippen LogP contribution in [-0.4, -0.2) is 53.6 Å². The van der Waals surface area contributed by atoms with Crippen LogP contribution in [0.2, 0.25) is 0 Å². The number of nitrogens with zero attached hydrogens (tertiary/aromatic N) is 4. The van der Waals surface area contributed by atoms with Crippen LogP contribution < -0.4 is 10.6 Å². The number of sulfone groups is 1. The summed E-state index contributed by atoms with van der Waals surface area (Å²) in [6.45, 7) is 6.63. The van der Waals surface area contributed by atoms with E-state index in [4.69, 9.17) is 14.7 Å². The smallest absolute Gasteiger partial charge is 0.350 e. The third-order valence-electron chi connectivity index (χ3n) is 6.68. The largest absolute Gasteiger partial charge is 0.462 e. The summed E-state index contributed by atoms with van der Waals surface area (Å²) in [4.78, 5) is 29.5. The molecule has 0 unspecified atom stereocenters. The van der Waals surface area contributed by atoms with Gasteiger partial charge in [-0.2, -0.15) is 4.98 Å². The molecule has 0 radical (unpaired) electrons. The van der Waals surface area contributed by atoms with E-state index in [-0.39, 0.29) is 4.90 Å². The van der Waals surface area contributed by atoms with Gasteiger partial charge in [-0.05, 0) is 43.5 Å². The Morgan fingerprint density at radius 2 is 1.80 bits per heavy atom. The first-order valence-corrected chi connectivity index (χ1v) is 16.0. The molecule has 2 N–H and O–H groups in total. The lowest BCUT2D eigenvalue weighted by molar-refractivity contribution is 0.0531. The monoisotopic (exact) mass is 592 g/mol. The zero-order valence-corrected chi connectivity index (χ0v) is 24.8. The number of aryl methyl sites for hydroxylation is 1. The van der Waals surface area contributed by atoms with Gasteiger partial charge >= 0.3 is 5.97 Å². The van der Waals surface area contributed by atoms with Crippen molar-refractivity contribution in [2.75, 3.05) is 30.0 Å². The molecule has 4 aromatic rings. The maximum Gasteiger partial charge on any atom is 0.350 e. The molecule has 0 spiro atoms. The van der Waals surface area contributed by atoms with E-state index in [1.54, 1.807) is 38.1 Å². The second-order valence-corrected chi connectivity index (χ2v) is 12.8. The van der Waals surface area contributed by atoms with E-state index in [9.17, 15) is 13.2 Å². The number of rotatable bonds is 10. The molecule has 0 fully saturated rings. The lowest BCUT2D eigenvalue weighted by atomic mass is 10.0. The van der Waals surface area contributed by atoms with E-state index in [0.29, 0.717) is 47.2 Å². The van der Waals surface area contributed by atoms with Gasteiger partial charge in [-0.25, -0.2) is 23.2 Å². The summed E-state index contributed by atoms with van der Waals surface area (Å²) in [6, 6.07) is 17.2. The molecular formula is C29H32N6O4S2. The normalized spacial score (nSPS) is 13.4. The fraction of sp³-hybridized carbons (Fsp3) is 0.310. The number of aromatic nitrogens is 3. The summed E-state index contributed by atoms with van der Waals surface area (Å²) >= 11 is 1.20. The van der Waals surface area contributed by atoms with E-state index in [1.807, 2.05) is 18.2 Å². The maximum absolute atomic E-state index is 12.3. The number of thiazole rings is 1. The summed E-state index contributed by atoms with van der Waals surface area (Å²) in [5, 5.41) is 7.14. The molecule has 0 amide bonds. The number of fused-ring (bicyclic) bond motifs is 1. The van der Waals surface area contributed by atoms with Crippen LogP contribution in [0, 0.1) is 6.92 Å². The summed E-state index contributed by atoms with van der Waals surface area (Å²) in [5.41, 5.74) is 4.71. The van der Waals surface area contributed by atoms with E-state index in [1.165, 1.54) is 23.2 Å². The van der Waals surface area contributed by atoms with Crippen LogP contribution >= 0.6 is 11.3 Å². The average molecular weight is 593 g/mol. The Hall–Kier alpha value is -3.87. The van der Waals surface area contributed by atoms with Crippen LogP contribution in [0.4, 0.5) is 16.9 Å². The lowest BCUT2D eigenvalue weighted by Crippen LogP contribution is -2.32. The number of carbonyl (C=O) groups excluding carboxylic acids is 1. The molecule has 12 heteroatoms. The molecule has 3 heterocycles. The van der Waals surface area contributed by atoms with E-state index >= 15 is 0 Å². The maximum atomic E-state index is 12.3. The van der Waals surface area contributed by atoms with Gasteiger partial charge in [0.15, 0.2) is 15.0 Å². The Morgan fingerprint density at radius 1 is 1.05 bits per heavy atom. The van der Waals surface area contributed by atoms with E-state index < -0.39 is 15.8 Å². The van der Waals surface area contributed by atoms with E-state index in [0.717, 1.165) is 36.3 Å². The van der Waals surface area contributed by atoms with Crippen molar-refractivity contribution >= 4 is 44.0 Å². The molecule has 41 heavy (non-hydrogen) atoms. The molecule has 1 aliphatic rings. The first-order valence-electron chi connectivity index (χ1n) is 13.3. The minimum Gasteiger partial charge on any atom is -0.462 e. The quantitative estimate of drug-likeness (QED) is 0.250.